The van der Waals surface area contributed by atoms with E-state index >= 15 is 0 Å². The first kappa shape index (κ1) is 17.3. The van der Waals surface area contributed by atoms with Gasteiger partial charge in [0.1, 0.15) is 0 Å². The molecule has 0 radical (unpaired) electrons. The predicted octanol–water partition coefficient (Wildman–Crippen LogP) is 3.46. The van der Waals surface area contributed by atoms with Crippen LogP contribution in [0.3, 0.4) is 0 Å². The van der Waals surface area contributed by atoms with Gasteiger partial charge in [-0.05, 0) is 43.4 Å². The summed E-state index contributed by atoms with van der Waals surface area (Å²) in [6.45, 7) is 4.30. The van der Waals surface area contributed by atoms with Crippen LogP contribution in [0.1, 0.15) is 31.2 Å². The van der Waals surface area contributed by atoms with Crippen molar-refractivity contribution in [1.82, 2.24) is 14.7 Å². The smallest absolute Gasteiger partial charge is 0.321 e. The van der Waals surface area contributed by atoms with E-state index in [2.05, 4.69) is 23.5 Å². The number of piperidine rings is 1. The zero-order chi connectivity index (χ0) is 17.8. The Morgan fingerprint density at radius 3 is 2.80 bits per heavy atom. The SMILES string of the molecule is CCn1cc(C2CCN(C(=O)Nc3ccc(F)c(OC)c3)CC2)cn1. The van der Waals surface area contributed by atoms with Crippen LogP contribution in [0.4, 0.5) is 14.9 Å². The Morgan fingerprint density at radius 2 is 2.16 bits per heavy atom. The highest BCUT2D eigenvalue weighted by Crippen LogP contribution is 2.28. The van der Waals surface area contributed by atoms with Crippen molar-refractivity contribution in [3.8, 4) is 5.75 Å². The maximum Gasteiger partial charge on any atom is 0.321 e. The van der Waals surface area contributed by atoms with Crippen molar-refractivity contribution in [3.05, 3.63) is 42.0 Å². The number of methoxy groups -OCH3 is 1. The van der Waals surface area contributed by atoms with E-state index in [9.17, 15) is 9.18 Å². The molecule has 2 amide bonds. The monoisotopic (exact) mass is 346 g/mol. The lowest BCUT2D eigenvalue weighted by atomic mass is 9.92. The second-order valence-electron chi connectivity index (χ2n) is 6.17. The molecular weight excluding hydrogens is 323 g/mol. The van der Waals surface area contributed by atoms with Crippen LogP contribution in [0.2, 0.25) is 0 Å². The first-order valence-corrected chi connectivity index (χ1v) is 8.52. The number of carbonyl (C=O) groups is 1. The molecule has 134 valence electrons. The summed E-state index contributed by atoms with van der Waals surface area (Å²) in [7, 11) is 1.40. The second kappa shape index (κ2) is 7.55. The van der Waals surface area contributed by atoms with Gasteiger partial charge in [0.2, 0.25) is 0 Å². The van der Waals surface area contributed by atoms with Gasteiger partial charge in [0.25, 0.3) is 0 Å². The van der Waals surface area contributed by atoms with Crippen molar-refractivity contribution in [2.75, 3.05) is 25.5 Å². The van der Waals surface area contributed by atoms with Gasteiger partial charge in [-0.2, -0.15) is 5.10 Å². The Hall–Kier alpha value is -2.57. The number of benzene rings is 1. The third kappa shape index (κ3) is 3.92. The standard InChI is InChI=1S/C18H23FN4O2/c1-3-23-12-14(11-20-23)13-6-8-22(9-7-13)18(24)21-15-4-5-16(19)17(10-15)25-2/h4-5,10-13H,3,6-9H2,1-2H3,(H,21,24). The molecule has 0 saturated carbocycles. The summed E-state index contributed by atoms with van der Waals surface area (Å²) in [4.78, 5) is 14.2. The fourth-order valence-corrected chi connectivity index (χ4v) is 3.12. The molecule has 1 saturated heterocycles. The van der Waals surface area contributed by atoms with E-state index in [0.717, 1.165) is 19.4 Å². The molecule has 7 heteroatoms. The lowest BCUT2D eigenvalue weighted by Crippen LogP contribution is -2.40. The lowest BCUT2D eigenvalue weighted by Gasteiger charge is -2.31. The number of nitrogens with zero attached hydrogens (tertiary/aromatic N) is 3. The van der Waals surface area contributed by atoms with Gasteiger partial charge in [-0.15, -0.1) is 0 Å². The van der Waals surface area contributed by atoms with Crippen LogP contribution >= 0.6 is 0 Å². The number of likely N-dealkylation sites (tertiary alicyclic amines) is 1. The Labute approximate surface area is 146 Å². The fourth-order valence-electron chi connectivity index (χ4n) is 3.12. The number of nitrogens with one attached hydrogen (secondary N) is 1. The number of hydrogen-bond acceptors (Lipinski definition) is 3. The molecule has 1 aliphatic heterocycles. The van der Waals surface area contributed by atoms with Crippen molar-refractivity contribution in [1.29, 1.82) is 0 Å². The molecule has 1 aromatic carbocycles. The van der Waals surface area contributed by atoms with Crippen LogP contribution in [0.5, 0.6) is 5.75 Å². The first-order valence-electron chi connectivity index (χ1n) is 8.52. The van der Waals surface area contributed by atoms with Crippen LogP contribution < -0.4 is 10.1 Å². The molecule has 1 aromatic heterocycles. The molecule has 0 unspecified atom stereocenters. The number of amides is 2. The van der Waals surface area contributed by atoms with Gasteiger partial charge in [0.15, 0.2) is 11.6 Å². The minimum Gasteiger partial charge on any atom is -0.494 e. The van der Waals surface area contributed by atoms with Crippen molar-refractivity contribution < 1.29 is 13.9 Å². The maximum absolute atomic E-state index is 13.4. The van der Waals surface area contributed by atoms with Crippen LogP contribution in [-0.2, 0) is 6.54 Å². The summed E-state index contributed by atoms with van der Waals surface area (Å²) in [6, 6.07) is 4.13. The van der Waals surface area contributed by atoms with Crippen molar-refractivity contribution in [3.63, 3.8) is 0 Å². The third-order valence-corrected chi connectivity index (χ3v) is 4.63. The summed E-state index contributed by atoms with van der Waals surface area (Å²) in [6.07, 6.45) is 5.84. The zero-order valence-corrected chi connectivity index (χ0v) is 14.5. The maximum atomic E-state index is 13.4. The summed E-state index contributed by atoms with van der Waals surface area (Å²) in [5.74, 6) is 0.105. The van der Waals surface area contributed by atoms with Crippen LogP contribution in [0.15, 0.2) is 30.6 Å². The second-order valence-corrected chi connectivity index (χ2v) is 6.17. The Morgan fingerprint density at radius 1 is 1.40 bits per heavy atom. The summed E-state index contributed by atoms with van der Waals surface area (Å²) < 4.78 is 20.3. The van der Waals surface area contributed by atoms with Gasteiger partial charge in [-0.25, -0.2) is 9.18 Å². The molecule has 25 heavy (non-hydrogen) atoms. The quantitative estimate of drug-likeness (QED) is 0.922. The van der Waals surface area contributed by atoms with E-state index in [-0.39, 0.29) is 11.8 Å². The molecule has 1 aliphatic rings. The van der Waals surface area contributed by atoms with Crippen LogP contribution in [0.25, 0.3) is 0 Å². The summed E-state index contributed by atoms with van der Waals surface area (Å²) >= 11 is 0. The van der Waals surface area contributed by atoms with Gasteiger partial charge in [-0.3, -0.25) is 4.68 Å². The number of urea groups is 1. The number of carbonyl (C=O) groups excluding carboxylic acids is 1. The highest BCUT2D eigenvalue weighted by Gasteiger charge is 2.24. The molecule has 2 heterocycles. The van der Waals surface area contributed by atoms with Crippen LogP contribution in [0, 0.1) is 5.82 Å². The van der Waals surface area contributed by atoms with E-state index in [4.69, 9.17) is 4.74 Å². The number of aryl methyl sites for hydroxylation is 1. The van der Waals surface area contributed by atoms with E-state index in [1.807, 2.05) is 10.9 Å². The molecule has 1 fully saturated rings. The van der Waals surface area contributed by atoms with Crippen LogP contribution in [-0.4, -0.2) is 40.9 Å². The number of rotatable bonds is 4. The summed E-state index contributed by atoms with van der Waals surface area (Å²) in [5.41, 5.74) is 1.76. The van der Waals surface area contributed by atoms with Gasteiger partial charge in [0.05, 0.1) is 13.3 Å². The van der Waals surface area contributed by atoms with Gasteiger partial charge >= 0.3 is 6.03 Å². The minimum atomic E-state index is -0.450. The van der Waals surface area contributed by atoms with Crippen molar-refractivity contribution in [2.24, 2.45) is 0 Å². The molecule has 0 spiro atoms. The molecule has 3 rings (SSSR count). The number of ether oxygens (including phenoxy) is 1. The summed E-state index contributed by atoms with van der Waals surface area (Å²) in [5, 5.41) is 7.13. The molecule has 1 N–H and O–H groups in total. The molecule has 0 atom stereocenters. The highest BCUT2D eigenvalue weighted by atomic mass is 19.1. The van der Waals surface area contributed by atoms with E-state index in [0.29, 0.717) is 24.7 Å². The Bertz CT molecular complexity index is 738. The zero-order valence-electron chi connectivity index (χ0n) is 14.5. The highest BCUT2D eigenvalue weighted by molar-refractivity contribution is 5.89. The van der Waals surface area contributed by atoms with E-state index < -0.39 is 5.82 Å². The molecule has 6 nitrogen and oxygen atoms in total. The van der Waals surface area contributed by atoms with Gasteiger partial charge in [0, 0.05) is 37.6 Å². The van der Waals surface area contributed by atoms with E-state index in [1.165, 1.54) is 30.9 Å². The van der Waals surface area contributed by atoms with Crippen molar-refractivity contribution >= 4 is 11.7 Å². The Kier molecular flexibility index (Phi) is 5.21. The van der Waals surface area contributed by atoms with Gasteiger partial charge in [-0.1, -0.05) is 0 Å². The number of halogens is 1. The molecule has 0 bridgehead atoms. The van der Waals surface area contributed by atoms with E-state index in [1.54, 1.807) is 4.90 Å². The van der Waals surface area contributed by atoms with Crippen molar-refractivity contribution in [2.45, 2.75) is 32.2 Å². The van der Waals surface area contributed by atoms with Gasteiger partial charge < -0.3 is 15.0 Å². The number of hydrogen-bond donors (Lipinski definition) is 1. The third-order valence-electron chi connectivity index (χ3n) is 4.63. The topological polar surface area (TPSA) is 59.4 Å². The number of anilines is 1. The molecule has 2 aromatic rings. The normalized spacial score (nSPS) is 15.2. The predicted molar refractivity (Wildman–Crippen MR) is 93.4 cm³/mol. The first-order chi connectivity index (χ1) is 12.1. The average molecular weight is 346 g/mol. The minimum absolute atomic E-state index is 0.115. The fraction of sp³-hybridized carbons (Fsp3) is 0.444. The molecule has 0 aliphatic carbocycles. The Balaban J connectivity index is 1.56. The largest absolute Gasteiger partial charge is 0.494 e. The average Bonchev–Trinajstić information content (AvgIpc) is 3.12. The molecular formula is C18H23FN4O2. The number of aromatic nitrogens is 2. The lowest BCUT2D eigenvalue weighted by molar-refractivity contribution is 0.194.